The average Bonchev–Trinajstić information content (AvgIpc) is 2.58. The van der Waals surface area contributed by atoms with Crippen LogP contribution in [0, 0.1) is 5.92 Å². The Morgan fingerprint density at radius 1 is 1.12 bits per heavy atom. The molecular formula is C17H21Cl2N3O3. The van der Waals surface area contributed by atoms with Gasteiger partial charge in [-0.15, -0.1) is 0 Å². The molecule has 1 heterocycles. The molecule has 1 aliphatic rings. The van der Waals surface area contributed by atoms with E-state index in [1.165, 1.54) is 12.1 Å². The second-order valence-corrected chi connectivity index (χ2v) is 6.99. The van der Waals surface area contributed by atoms with Gasteiger partial charge >= 0.3 is 0 Å². The van der Waals surface area contributed by atoms with E-state index in [0.717, 1.165) is 25.9 Å². The maximum Gasteiger partial charge on any atom is 0.253 e. The summed E-state index contributed by atoms with van der Waals surface area (Å²) in [5.41, 5.74) is 0.234. The fraction of sp³-hybridized carbons (Fsp3) is 0.471. The van der Waals surface area contributed by atoms with Gasteiger partial charge < -0.3 is 15.5 Å². The first-order chi connectivity index (χ1) is 11.9. The summed E-state index contributed by atoms with van der Waals surface area (Å²) in [6.07, 6.45) is 1.97. The molecule has 1 aliphatic heterocycles. The molecule has 6 nitrogen and oxygen atoms in total. The largest absolute Gasteiger partial charge is 0.345 e. The molecule has 2 N–H and O–H groups in total. The Bertz CT molecular complexity index is 659. The molecule has 1 aromatic rings. The van der Waals surface area contributed by atoms with Crippen molar-refractivity contribution in [3.05, 3.63) is 33.8 Å². The number of benzene rings is 1. The van der Waals surface area contributed by atoms with Gasteiger partial charge in [-0.05, 0) is 37.0 Å². The lowest BCUT2D eigenvalue weighted by Gasteiger charge is -2.30. The van der Waals surface area contributed by atoms with Crippen molar-refractivity contribution < 1.29 is 14.4 Å². The number of carbonyl (C=O) groups is 3. The summed E-state index contributed by atoms with van der Waals surface area (Å²) < 4.78 is 0. The van der Waals surface area contributed by atoms with Crippen LogP contribution in [-0.2, 0) is 9.59 Å². The first kappa shape index (κ1) is 19.5. The lowest BCUT2D eigenvalue weighted by Crippen LogP contribution is -2.45. The fourth-order valence-corrected chi connectivity index (χ4v) is 3.03. The smallest absolute Gasteiger partial charge is 0.253 e. The third-order valence-electron chi connectivity index (χ3n) is 4.16. The van der Waals surface area contributed by atoms with Gasteiger partial charge in [0.05, 0.1) is 23.7 Å². The van der Waals surface area contributed by atoms with E-state index >= 15 is 0 Å². The van der Waals surface area contributed by atoms with Gasteiger partial charge in [0.1, 0.15) is 0 Å². The Morgan fingerprint density at radius 3 is 2.44 bits per heavy atom. The molecule has 0 aliphatic carbocycles. The maximum absolute atomic E-state index is 12.0. The third-order valence-corrected chi connectivity index (χ3v) is 4.71. The van der Waals surface area contributed by atoms with E-state index in [9.17, 15) is 14.4 Å². The highest BCUT2D eigenvalue weighted by Gasteiger charge is 2.20. The van der Waals surface area contributed by atoms with Crippen molar-refractivity contribution in [2.45, 2.75) is 19.8 Å². The first-order valence-corrected chi connectivity index (χ1v) is 8.90. The molecule has 136 valence electrons. The lowest BCUT2D eigenvalue weighted by atomic mass is 9.99. The summed E-state index contributed by atoms with van der Waals surface area (Å²) in [7, 11) is 0. The van der Waals surface area contributed by atoms with E-state index in [1.54, 1.807) is 11.0 Å². The number of nitrogens with zero attached hydrogens (tertiary/aromatic N) is 1. The highest BCUT2D eigenvalue weighted by molar-refractivity contribution is 6.36. The second-order valence-electron chi connectivity index (χ2n) is 6.15. The summed E-state index contributed by atoms with van der Waals surface area (Å²) in [6, 6.07) is 4.48. The Balaban J connectivity index is 1.73. The van der Waals surface area contributed by atoms with Crippen LogP contribution in [0.5, 0.6) is 0 Å². The van der Waals surface area contributed by atoms with E-state index in [1.807, 2.05) is 0 Å². The third kappa shape index (κ3) is 5.90. The minimum Gasteiger partial charge on any atom is -0.345 e. The van der Waals surface area contributed by atoms with Crippen molar-refractivity contribution in [1.29, 1.82) is 0 Å². The summed E-state index contributed by atoms with van der Waals surface area (Å²) in [4.78, 5) is 37.6. The highest BCUT2D eigenvalue weighted by Crippen LogP contribution is 2.20. The zero-order valence-electron chi connectivity index (χ0n) is 14.0. The van der Waals surface area contributed by atoms with Crippen LogP contribution in [0.25, 0.3) is 0 Å². The molecule has 1 aromatic carbocycles. The van der Waals surface area contributed by atoms with Crippen LogP contribution >= 0.6 is 23.2 Å². The van der Waals surface area contributed by atoms with Crippen LogP contribution < -0.4 is 10.6 Å². The van der Waals surface area contributed by atoms with Crippen molar-refractivity contribution in [3.63, 3.8) is 0 Å². The normalized spacial score (nSPS) is 14.9. The quantitative estimate of drug-likeness (QED) is 0.814. The van der Waals surface area contributed by atoms with Crippen molar-refractivity contribution >= 4 is 40.9 Å². The Morgan fingerprint density at radius 2 is 1.80 bits per heavy atom. The molecule has 0 atom stereocenters. The molecule has 0 saturated carbocycles. The predicted molar refractivity (Wildman–Crippen MR) is 96.8 cm³/mol. The van der Waals surface area contributed by atoms with Gasteiger partial charge in [0, 0.05) is 18.1 Å². The molecule has 0 spiro atoms. The average molecular weight is 386 g/mol. The van der Waals surface area contributed by atoms with Gasteiger partial charge in [0.25, 0.3) is 5.91 Å². The number of nitrogens with one attached hydrogen (secondary N) is 2. The van der Waals surface area contributed by atoms with Crippen molar-refractivity contribution in [2.24, 2.45) is 5.92 Å². The molecule has 8 heteroatoms. The van der Waals surface area contributed by atoms with Crippen LogP contribution in [-0.4, -0.2) is 48.8 Å². The highest BCUT2D eigenvalue weighted by atomic mass is 35.5. The van der Waals surface area contributed by atoms with Crippen LogP contribution in [0.4, 0.5) is 0 Å². The molecule has 0 bridgehead atoms. The number of rotatable bonds is 5. The minimum atomic E-state index is -0.479. The summed E-state index contributed by atoms with van der Waals surface area (Å²) in [5.74, 6) is -0.383. The molecule has 25 heavy (non-hydrogen) atoms. The van der Waals surface area contributed by atoms with E-state index in [-0.39, 0.29) is 29.6 Å². The topological polar surface area (TPSA) is 78.5 Å². The van der Waals surface area contributed by atoms with E-state index < -0.39 is 11.8 Å². The SMILES string of the molecule is CC1CCN(C(=O)CNC(=O)CNC(=O)c2ccc(Cl)cc2Cl)CC1. The minimum absolute atomic E-state index is 0.0647. The number of amides is 3. The van der Waals surface area contributed by atoms with Crippen LogP contribution in [0.3, 0.4) is 0 Å². The Labute approximate surface area is 156 Å². The van der Waals surface area contributed by atoms with Crippen molar-refractivity contribution in [3.8, 4) is 0 Å². The fourth-order valence-electron chi connectivity index (χ4n) is 2.54. The molecule has 1 fully saturated rings. The van der Waals surface area contributed by atoms with Gasteiger partial charge in [0.15, 0.2) is 0 Å². The Kier molecular flexibility index (Phi) is 7.08. The Hall–Kier alpha value is -1.79. The lowest BCUT2D eigenvalue weighted by molar-refractivity contribution is -0.133. The second kappa shape index (κ2) is 9.06. The van der Waals surface area contributed by atoms with E-state index in [2.05, 4.69) is 17.6 Å². The molecule has 0 aromatic heterocycles. The number of hydrogen-bond donors (Lipinski definition) is 2. The monoisotopic (exact) mass is 385 g/mol. The zero-order valence-corrected chi connectivity index (χ0v) is 15.5. The van der Waals surface area contributed by atoms with Gasteiger partial charge in [-0.25, -0.2) is 0 Å². The molecule has 3 amide bonds. The number of hydrogen-bond acceptors (Lipinski definition) is 3. The zero-order chi connectivity index (χ0) is 18.4. The first-order valence-electron chi connectivity index (χ1n) is 8.14. The van der Waals surface area contributed by atoms with Gasteiger partial charge in [-0.1, -0.05) is 30.1 Å². The van der Waals surface area contributed by atoms with Crippen LogP contribution in [0.15, 0.2) is 18.2 Å². The molecular weight excluding hydrogens is 365 g/mol. The van der Waals surface area contributed by atoms with Gasteiger partial charge in [0.2, 0.25) is 11.8 Å². The van der Waals surface area contributed by atoms with Crippen molar-refractivity contribution in [1.82, 2.24) is 15.5 Å². The number of piperidine rings is 1. The van der Waals surface area contributed by atoms with E-state index in [0.29, 0.717) is 10.9 Å². The van der Waals surface area contributed by atoms with Gasteiger partial charge in [-0.3, -0.25) is 14.4 Å². The summed E-state index contributed by atoms with van der Waals surface area (Å²) in [6.45, 7) is 3.31. The maximum atomic E-state index is 12.0. The molecule has 0 unspecified atom stereocenters. The molecule has 0 radical (unpaired) electrons. The standard InChI is InChI=1S/C17H21Cl2N3O3/c1-11-4-6-22(7-5-11)16(24)10-20-15(23)9-21-17(25)13-3-2-12(18)8-14(13)19/h2-3,8,11H,4-7,9-10H2,1H3,(H,20,23)(H,21,25). The van der Waals surface area contributed by atoms with Gasteiger partial charge in [-0.2, -0.15) is 0 Å². The molecule has 1 saturated heterocycles. The number of carbonyl (C=O) groups excluding carboxylic acids is 3. The van der Waals surface area contributed by atoms with Crippen LogP contribution in [0.2, 0.25) is 10.0 Å². The van der Waals surface area contributed by atoms with E-state index in [4.69, 9.17) is 23.2 Å². The molecule has 2 rings (SSSR count). The number of halogens is 2. The number of likely N-dealkylation sites (tertiary alicyclic amines) is 1. The van der Waals surface area contributed by atoms with Crippen LogP contribution in [0.1, 0.15) is 30.1 Å². The predicted octanol–water partition coefficient (Wildman–Crippen LogP) is 2.10. The van der Waals surface area contributed by atoms with Crippen molar-refractivity contribution in [2.75, 3.05) is 26.2 Å². The summed E-state index contributed by atoms with van der Waals surface area (Å²) in [5, 5.41) is 5.62. The summed E-state index contributed by atoms with van der Waals surface area (Å²) >= 11 is 11.7.